The summed E-state index contributed by atoms with van der Waals surface area (Å²) in [6, 6.07) is 6.98. The summed E-state index contributed by atoms with van der Waals surface area (Å²) < 4.78 is 44.8. The number of nitrogens with one attached hydrogen (secondary N) is 1. The molecule has 0 fully saturated rings. The van der Waals surface area contributed by atoms with E-state index in [4.69, 9.17) is 4.42 Å². The molecule has 4 rings (SSSR count). The molecule has 1 amide bonds. The summed E-state index contributed by atoms with van der Waals surface area (Å²) in [5.74, 6) is -0.926. The zero-order valence-electron chi connectivity index (χ0n) is 14.6. The summed E-state index contributed by atoms with van der Waals surface area (Å²) in [6.07, 6.45) is 3.22. The van der Waals surface area contributed by atoms with E-state index < -0.39 is 15.8 Å². The number of sulfonamides is 1. The predicted molar refractivity (Wildman–Crippen MR) is 102 cm³/mol. The molecule has 0 spiro atoms. The molecule has 1 N–H and O–H groups in total. The number of carbonyl (C=O) groups is 1. The van der Waals surface area contributed by atoms with Gasteiger partial charge in [0.25, 0.3) is 5.91 Å². The molecule has 0 unspecified atom stereocenters. The van der Waals surface area contributed by atoms with E-state index in [0.29, 0.717) is 29.2 Å². The Morgan fingerprint density at radius 2 is 2.07 bits per heavy atom. The molecule has 10 heteroatoms. The highest BCUT2D eigenvalue weighted by Gasteiger charge is 2.29. The van der Waals surface area contributed by atoms with Crippen LogP contribution in [0.4, 0.5) is 9.52 Å². The first-order valence-electron chi connectivity index (χ1n) is 8.45. The number of hydrogen-bond donors (Lipinski definition) is 1. The number of aromatic nitrogens is 1. The van der Waals surface area contributed by atoms with Crippen LogP contribution in [0.15, 0.2) is 47.3 Å². The molecule has 3 heterocycles. The first-order valence-corrected chi connectivity index (χ1v) is 10.9. The Morgan fingerprint density at radius 1 is 1.29 bits per heavy atom. The smallest absolute Gasteiger partial charge is 0.260 e. The number of amides is 1. The molecule has 28 heavy (non-hydrogen) atoms. The van der Waals surface area contributed by atoms with Crippen LogP contribution >= 0.6 is 11.3 Å². The molecule has 1 aliphatic rings. The van der Waals surface area contributed by atoms with Gasteiger partial charge in [-0.3, -0.25) is 10.1 Å². The molecule has 0 atom stereocenters. The van der Waals surface area contributed by atoms with Gasteiger partial charge in [-0.25, -0.2) is 17.8 Å². The van der Waals surface area contributed by atoms with E-state index in [-0.39, 0.29) is 18.2 Å². The Balaban J connectivity index is 1.46. The summed E-state index contributed by atoms with van der Waals surface area (Å²) in [5, 5.41) is 3.13. The van der Waals surface area contributed by atoms with Crippen LogP contribution in [0.5, 0.6) is 0 Å². The van der Waals surface area contributed by atoms with E-state index in [1.807, 2.05) is 0 Å². The van der Waals surface area contributed by atoms with E-state index in [2.05, 4.69) is 10.3 Å². The minimum Gasteiger partial charge on any atom is -0.472 e. The number of carbonyl (C=O) groups excluding carboxylic acids is 1. The van der Waals surface area contributed by atoms with Gasteiger partial charge in [-0.15, -0.1) is 11.3 Å². The molecular formula is C18H16FN3O4S2. The normalized spacial score (nSPS) is 14.6. The van der Waals surface area contributed by atoms with Gasteiger partial charge in [-0.1, -0.05) is 12.1 Å². The van der Waals surface area contributed by atoms with Crippen LogP contribution in [0.1, 0.15) is 26.5 Å². The number of anilines is 1. The lowest BCUT2D eigenvalue weighted by Gasteiger charge is -2.25. The summed E-state index contributed by atoms with van der Waals surface area (Å²) in [4.78, 5) is 17.3. The Kier molecular flexibility index (Phi) is 5.00. The van der Waals surface area contributed by atoms with Gasteiger partial charge in [0, 0.05) is 24.4 Å². The second kappa shape index (κ2) is 7.46. The lowest BCUT2D eigenvalue weighted by molar-refractivity contribution is 0.102. The SMILES string of the molecule is O=C(Nc1nc2c(s1)CN(S(=O)(=O)Cc1ccc(F)cc1)CC2)c1ccoc1. The minimum absolute atomic E-state index is 0.189. The fourth-order valence-corrected chi connectivity index (χ4v) is 5.50. The lowest BCUT2D eigenvalue weighted by Crippen LogP contribution is -2.36. The highest BCUT2D eigenvalue weighted by Crippen LogP contribution is 2.30. The number of thiazole rings is 1. The van der Waals surface area contributed by atoms with Gasteiger partial charge in [-0.05, 0) is 23.8 Å². The summed E-state index contributed by atoms with van der Waals surface area (Å²) in [5.41, 5.74) is 1.71. The molecule has 7 nitrogen and oxygen atoms in total. The van der Waals surface area contributed by atoms with Crippen molar-refractivity contribution in [1.29, 1.82) is 0 Å². The lowest BCUT2D eigenvalue weighted by atomic mass is 10.2. The quantitative estimate of drug-likeness (QED) is 0.684. The van der Waals surface area contributed by atoms with Crippen molar-refractivity contribution in [3.63, 3.8) is 0 Å². The maximum Gasteiger partial charge on any atom is 0.260 e. The van der Waals surface area contributed by atoms with Crippen molar-refractivity contribution in [2.75, 3.05) is 11.9 Å². The maximum absolute atomic E-state index is 13.0. The number of furan rings is 1. The van der Waals surface area contributed by atoms with Crippen molar-refractivity contribution in [3.05, 3.63) is 70.4 Å². The van der Waals surface area contributed by atoms with Gasteiger partial charge >= 0.3 is 0 Å². The monoisotopic (exact) mass is 421 g/mol. The first-order chi connectivity index (χ1) is 13.4. The highest BCUT2D eigenvalue weighted by molar-refractivity contribution is 7.88. The van der Waals surface area contributed by atoms with Crippen molar-refractivity contribution < 1.29 is 22.0 Å². The molecule has 0 bridgehead atoms. The van der Waals surface area contributed by atoms with Crippen LogP contribution in [-0.2, 0) is 28.7 Å². The van der Waals surface area contributed by atoms with Gasteiger partial charge in [0.05, 0.1) is 23.3 Å². The van der Waals surface area contributed by atoms with Crippen molar-refractivity contribution >= 4 is 32.4 Å². The van der Waals surface area contributed by atoms with Gasteiger partial charge in [-0.2, -0.15) is 4.31 Å². The van der Waals surface area contributed by atoms with Crippen molar-refractivity contribution in [2.45, 2.75) is 18.7 Å². The third-order valence-corrected chi connectivity index (χ3v) is 7.15. The van der Waals surface area contributed by atoms with E-state index in [0.717, 1.165) is 10.6 Å². The molecular weight excluding hydrogens is 405 g/mol. The number of benzene rings is 1. The van der Waals surface area contributed by atoms with Crippen LogP contribution in [0.3, 0.4) is 0 Å². The molecule has 1 aromatic carbocycles. The summed E-state index contributed by atoms with van der Waals surface area (Å²) >= 11 is 1.26. The van der Waals surface area contributed by atoms with Crippen LogP contribution in [-0.4, -0.2) is 30.2 Å². The fraction of sp³-hybridized carbons (Fsp3) is 0.222. The van der Waals surface area contributed by atoms with Crippen molar-refractivity contribution in [3.8, 4) is 0 Å². The zero-order valence-corrected chi connectivity index (χ0v) is 16.2. The number of nitrogens with zero attached hydrogens (tertiary/aromatic N) is 2. The average molecular weight is 421 g/mol. The number of hydrogen-bond acceptors (Lipinski definition) is 6. The van der Waals surface area contributed by atoms with E-state index in [9.17, 15) is 17.6 Å². The molecule has 0 radical (unpaired) electrons. The fourth-order valence-electron chi connectivity index (χ4n) is 2.91. The van der Waals surface area contributed by atoms with E-state index in [1.165, 1.54) is 52.4 Å². The second-order valence-electron chi connectivity index (χ2n) is 6.32. The van der Waals surface area contributed by atoms with Crippen LogP contribution in [0, 0.1) is 5.82 Å². The van der Waals surface area contributed by atoms with E-state index >= 15 is 0 Å². The van der Waals surface area contributed by atoms with Crippen molar-refractivity contribution in [2.24, 2.45) is 0 Å². The number of halogens is 1. The van der Waals surface area contributed by atoms with Crippen LogP contribution in [0.25, 0.3) is 0 Å². The third kappa shape index (κ3) is 3.98. The highest BCUT2D eigenvalue weighted by atomic mass is 32.2. The standard InChI is InChI=1S/C18H16FN3O4S2/c19-14-3-1-12(2-4-14)11-28(24,25)22-7-5-15-16(9-22)27-18(20-15)21-17(23)13-6-8-26-10-13/h1-4,6,8,10H,5,7,9,11H2,(H,20,21,23). The Hall–Kier alpha value is -2.56. The van der Waals surface area contributed by atoms with Crippen molar-refractivity contribution in [1.82, 2.24) is 9.29 Å². The maximum atomic E-state index is 13.0. The van der Waals surface area contributed by atoms with Gasteiger partial charge < -0.3 is 4.42 Å². The summed E-state index contributed by atoms with van der Waals surface area (Å²) in [7, 11) is -3.55. The van der Waals surface area contributed by atoms with Gasteiger partial charge in [0.15, 0.2) is 5.13 Å². The van der Waals surface area contributed by atoms with Gasteiger partial charge in [0.1, 0.15) is 12.1 Å². The van der Waals surface area contributed by atoms with E-state index in [1.54, 1.807) is 6.07 Å². The largest absolute Gasteiger partial charge is 0.472 e. The Labute approximate surface area is 164 Å². The second-order valence-corrected chi connectivity index (χ2v) is 9.37. The third-order valence-electron chi connectivity index (χ3n) is 4.36. The average Bonchev–Trinajstić information content (AvgIpc) is 3.32. The molecule has 0 saturated carbocycles. The molecule has 1 aliphatic heterocycles. The first kappa shape index (κ1) is 18.8. The Morgan fingerprint density at radius 3 is 2.79 bits per heavy atom. The molecule has 0 aliphatic carbocycles. The van der Waals surface area contributed by atoms with Crippen LogP contribution < -0.4 is 5.32 Å². The number of fused-ring (bicyclic) bond motifs is 1. The number of rotatable bonds is 5. The molecule has 0 saturated heterocycles. The zero-order chi connectivity index (χ0) is 19.7. The predicted octanol–water partition coefficient (Wildman–Crippen LogP) is 3.02. The van der Waals surface area contributed by atoms with Gasteiger partial charge in [0.2, 0.25) is 10.0 Å². The summed E-state index contributed by atoms with van der Waals surface area (Å²) in [6.45, 7) is 0.521. The molecule has 146 valence electrons. The molecule has 3 aromatic rings. The topological polar surface area (TPSA) is 92.5 Å². The molecule has 2 aromatic heterocycles. The van der Waals surface area contributed by atoms with Crippen LogP contribution in [0.2, 0.25) is 0 Å². The Bertz CT molecular complexity index is 1090. The minimum atomic E-state index is -3.55.